The largest absolute Gasteiger partial charge is 0.459 e. The second kappa shape index (κ2) is 5.90. The number of esters is 1. The summed E-state index contributed by atoms with van der Waals surface area (Å²) in [4.78, 5) is 12.4. The van der Waals surface area contributed by atoms with Crippen molar-refractivity contribution in [3.05, 3.63) is 0 Å². The van der Waals surface area contributed by atoms with Crippen LogP contribution in [0.4, 0.5) is 0 Å². The van der Waals surface area contributed by atoms with E-state index in [4.69, 9.17) is 4.74 Å². The third-order valence-electron chi connectivity index (χ3n) is 3.01. The Morgan fingerprint density at radius 3 is 1.78 bits per heavy atom. The van der Waals surface area contributed by atoms with Gasteiger partial charge in [0.1, 0.15) is 5.60 Å². The number of hydrogen-bond donors (Lipinski definition) is 0. The molecule has 2 atom stereocenters. The molecular formula is C15H31O2P. The molecule has 18 heavy (non-hydrogen) atoms. The van der Waals surface area contributed by atoms with E-state index in [9.17, 15) is 4.79 Å². The van der Waals surface area contributed by atoms with Crippen LogP contribution in [0.5, 0.6) is 0 Å². The predicted octanol–water partition coefficient (Wildman–Crippen LogP) is 4.28. The Morgan fingerprint density at radius 1 is 1.06 bits per heavy atom. The zero-order valence-corrected chi connectivity index (χ0v) is 14.5. The SMILES string of the molecule is CC(C)(C)CC(C(=O)OC(C)(C)CP)C(C)(C)C. The fraction of sp³-hybridized carbons (Fsp3) is 0.933. The molecule has 0 N–H and O–H groups in total. The lowest BCUT2D eigenvalue weighted by molar-refractivity contribution is -0.165. The summed E-state index contributed by atoms with van der Waals surface area (Å²) in [6.07, 6.45) is 1.60. The first-order chi connectivity index (χ1) is 7.78. The highest BCUT2D eigenvalue weighted by Gasteiger charge is 2.37. The molecule has 0 aliphatic carbocycles. The van der Waals surface area contributed by atoms with E-state index in [1.165, 1.54) is 0 Å². The molecular weight excluding hydrogens is 243 g/mol. The zero-order valence-electron chi connectivity index (χ0n) is 13.4. The Labute approximate surface area is 115 Å². The zero-order chi connectivity index (χ0) is 14.8. The predicted molar refractivity (Wildman–Crippen MR) is 81.8 cm³/mol. The minimum Gasteiger partial charge on any atom is -0.459 e. The second-order valence-electron chi connectivity index (χ2n) is 8.07. The third kappa shape index (κ3) is 6.73. The third-order valence-corrected chi connectivity index (χ3v) is 4.00. The molecule has 0 bridgehead atoms. The lowest BCUT2D eigenvalue weighted by Gasteiger charge is -2.36. The summed E-state index contributed by atoms with van der Waals surface area (Å²) in [6.45, 7) is 16.7. The van der Waals surface area contributed by atoms with Gasteiger partial charge in [-0.3, -0.25) is 4.79 Å². The van der Waals surface area contributed by atoms with E-state index in [1.54, 1.807) is 0 Å². The van der Waals surface area contributed by atoms with Crippen molar-refractivity contribution in [2.24, 2.45) is 16.7 Å². The van der Waals surface area contributed by atoms with E-state index >= 15 is 0 Å². The van der Waals surface area contributed by atoms with E-state index in [2.05, 4.69) is 50.8 Å². The standard InChI is InChI=1S/C15H31O2P/c1-13(2,3)9-11(14(4,5)6)12(16)17-15(7,8)10-18/h11H,9-10,18H2,1-8H3. The molecule has 0 spiro atoms. The van der Waals surface area contributed by atoms with Gasteiger partial charge in [0.2, 0.25) is 0 Å². The lowest BCUT2D eigenvalue weighted by Crippen LogP contribution is -2.39. The maximum absolute atomic E-state index is 12.4. The van der Waals surface area contributed by atoms with Crippen LogP contribution < -0.4 is 0 Å². The van der Waals surface area contributed by atoms with Crippen molar-refractivity contribution >= 4 is 15.2 Å². The second-order valence-corrected chi connectivity index (χ2v) is 8.48. The number of hydrogen-bond acceptors (Lipinski definition) is 2. The summed E-state index contributed by atoms with van der Waals surface area (Å²) in [7, 11) is 2.64. The van der Waals surface area contributed by atoms with Crippen LogP contribution in [0.2, 0.25) is 0 Å². The van der Waals surface area contributed by atoms with Gasteiger partial charge in [-0.25, -0.2) is 0 Å². The summed E-state index contributed by atoms with van der Waals surface area (Å²) in [5, 5.41) is 0. The van der Waals surface area contributed by atoms with E-state index in [0.717, 1.165) is 12.6 Å². The molecule has 0 aliphatic heterocycles. The normalized spacial score (nSPS) is 15.4. The smallest absolute Gasteiger partial charge is 0.310 e. The molecule has 0 aliphatic rings. The Bertz CT molecular complexity index is 282. The van der Waals surface area contributed by atoms with Gasteiger partial charge >= 0.3 is 5.97 Å². The van der Waals surface area contributed by atoms with Gasteiger partial charge in [-0.05, 0) is 31.1 Å². The van der Waals surface area contributed by atoms with Gasteiger partial charge < -0.3 is 4.74 Å². The fourth-order valence-corrected chi connectivity index (χ4v) is 1.82. The quantitative estimate of drug-likeness (QED) is 0.565. The van der Waals surface area contributed by atoms with Crippen LogP contribution in [-0.4, -0.2) is 17.7 Å². The molecule has 0 saturated carbocycles. The molecule has 0 saturated heterocycles. The first kappa shape index (κ1) is 17.9. The first-order valence-electron chi connectivity index (χ1n) is 6.71. The van der Waals surface area contributed by atoms with Crippen molar-refractivity contribution in [1.29, 1.82) is 0 Å². The molecule has 108 valence electrons. The summed E-state index contributed by atoms with van der Waals surface area (Å²) in [6, 6.07) is 0. The van der Waals surface area contributed by atoms with Gasteiger partial charge in [0.15, 0.2) is 0 Å². The summed E-state index contributed by atoms with van der Waals surface area (Å²) < 4.78 is 5.66. The van der Waals surface area contributed by atoms with Crippen LogP contribution in [0.15, 0.2) is 0 Å². The van der Waals surface area contributed by atoms with E-state index in [1.807, 2.05) is 13.8 Å². The van der Waals surface area contributed by atoms with Gasteiger partial charge in [-0.15, -0.1) is 9.24 Å². The van der Waals surface area contributed by atoms with E-state index in [-0.39, 0.29) is 22.7 Å². The number of carbonyl (C=O) groups is 1. The highest BCUT2D eigenvalue weighted by atomic mass is 31.0. The summed E-state index contributed by atoms with van der Waals surface area (Å²) in [5.41, 5.74) is -0.341. The van der Waals surface area contributed by atoms with Gasteiger partial charge in [-0.2, -0.15) is 0 Å². The Balaban J connectivity index is 4.95. The first-order valence-corrected chi connectivity index (χ1v) is 7.53. The van der Waals surface area contributed by atoms with Crippen molar-refractivity contribution in [2.75, 3.05) is 6.16 Å². The van der Waals surface area contributed by atoms with Crippen LogP contribution in [0.1, 0.15) is 61.8 Å². The van der Waals surface area contributed by atoms with E-state index < -0.39 is 5.60 Å². The van der Waals surface area contributed by atoms with Crippen LogP contribution >= 0.6 is 9.24 Å². The molecule has 2 nitrogen and oxygen atoms in total. The average molecular weight is 274 g/mol. The molecule has 0 fully saturated rings. The van der Waals surface area contributed by atoms with Gasteiger partial charge in [-0.1, -0.05) is 41.5 Å². The minimum absolute atomic E-state index is 0.0617. The van der Waals surface area contributed by atoms with E-state index in [0.29, 0.717) is 0 Å². The maximum atomic E-state index is 12.4. The van der Waals surface area contributed by atoms with Crippen molar-refractivity contribution in [1.82, 2.24) is 0 Å². The number of carbonyl (C=O) groups excluding carboxylic acids is 1. The number of ether oxygens (including phenoxy) is 1. The summed E-state index contributed by atoms with van der Waals surface area (Å²) >= 11 is 0. The number of rotatable bonds is 4. The average Bonchev–Trinajstić information content (AvgIpc) is 2.10. The fourth-order valence-electron chi connectivity index (χ4n) is 1.74. The minimum atomic E-state index is -0.400. The van der Waals surface area contributed by atoms with Crippen LogP contribution in [0.3, 0.4) is 0 Å². The molecule has 3 heteroatoms. The molecule has 2 unspecified atom stereocenters. The van der Waals surface area contributed by atoms with Crippen molar-refractivity contribution in [3.8, 4) is 0 Å². The Morgan fingerprint density at radius 2 is 1.50 bits per heavy atom. The van der Waals surface area contributed by atoms with Gasteiger partial charge in [0.05, 0.1) is 5.92 Å². The van der Waals surface area contributed by atoms with Crippen molar-refractivity contribution < 1.29 is 9.53 Å². The van der Waals surface area contributed by atoms with Gasteiger partial charge in [0, 0.05) is 6.16 Å². The molecule has 0 aromatic carbocycles. The monoisotopic (exact) mass is 274 g/mol. The molecule has 0 aromatic heterocycles. The van der Waals surface area contributed by atoms with Crippen LogP contribution in [0.25, 0.3) is 0 Å². The molecule has 0 aromatic rings. The topological polar surface area (TPSA) is 26.3 Å². The Kier molecular flexibility index (Phi) is 5.87. The van der Waals surface area contributed by atoms with Crippen molar-refractivity contribution in [2.45, 2.75) is 67.4 Å². The van der Waals surface area contributed by atoms with Crippen LogP contribution in [0, 0.1) is 16.7 Å². The van der Waals surface area contributed by atoms with Crippen molar-refractivity contribution in [3.63, 3.8) is 0 Å². The highest BCUT2D eigenvalue weighted by molar-refractivity contribution is 7.16. The maximum Gasteiger partial charge on any atom is 0.310 e. The molecule has 0 rings (SSSR count). The Hall–Kier alpha value is -0.100. The molecule has 0 amide bonds. The van der Waals surface area contributed by atoms with Crippen LogP contribution in [-0.2, 0) is 9.53 Å². The summed E-state index contributed by atoms with van der Waals surface area (Å²) in [5.74, 6) is -0.127. The molecule has 0 heterocycles. The lowest BCUT2D eigenvalue weighted by atomic mass is 9.72. The van der Waals surface area contributed by atoms with Gasteiger partial charge in [0.25, 0.3) is 0 Å². The highest BCUT2D eigenvalue weighted by Crippen LogP contribution is 2.37. The molecule has 0 radical (unpaired) electrons.